The molecule has 32 heavy (non-hydrogen) atoms. The molecule has 1 aromatic heterocycles. The molecule has 1 saturated heterocycles. The van der Waals surface area contributed by atoms with Gasteiger partial charge in [-0.15, -0.1) is 0 Å². The van der Waals surface area contributed by atoms with Crippen LogP contribution in [0.3, 0.4) is 0 Å². The van der Waals surface area contributed by atoms with E-state index in [4.69, 9.17) is 17.0 Å². The first-order valence-corrected chi connectivity index (χ1v) is 12.2. The molecule has 0 atom stereocenters. The lowest BCUT2D eigenvalue weighted by Gasteiger charge is -2.12. The second kappa shape index (κ2) is 9.10. The van der Waals surface area contributed by atoms with Crippen molar-refractivity contribution in [2.45, 2.75) is 13.0 Å². The Morgan fingerprint density at radius 1 is 1.03 bits per heavy atom. The minimum Gasteiger partial charge on any atom is -0.493 e. The summed E-state index contributed by atoms with van der Waals surface area (Å²) in [6.07, 6.45) is 2.68. The Morgan fingerprint density at radius 2 is 1.72 bits per heavy atom. The van der Waals surface area contributed by atoms with E-state index in [0.717, 1.165) is 28.8 Å². The number of hydrogen-bond acceptors (Lipinski definition) is 4. The average molecular weight is 523 g/mol. The molecule has 4 aromatic rings. The van der Waals surface area contributed by atoms with E-state index in [9.17, 15) is 4.79 Å². The number of nitrogens with one attached hydrogen (secondary N) is 1. The molecule has 5 rings (SSSR count). The van der Waals surface area contributed by atoms with E-state index in [0.29, 0.717) is 15.8 Å². The van der Waals surface area contributed by atoms with Crippen LogP contribution >= 0.6 is 39.9 Å². The lowest BCUT2D eigenvalue weighted by Crippen LogP contribution is -2.17. The summed E-state index contributed by atoms with van der Waals surface area (Å²) in [7, 11) is 0. The zero-order valence-corrected chi connectivity index (χ0v) is 20.2. The largest absolute Gasteiger partial charge is 0.493 e. The maximum absolute atomic E-state index is 12.0. The van der Waals surface area contributed by atoms with Crippen LogP contribution in [0.2, 0.25) is 0 Å². The van der Waals surface area contributed by atoms with Gasteiger partial charge in [-0.05, 0) is 42.8 Å². The van der Waals surface area contributed by atoms with Crippen LogP contribution in [0.25, 0.3) is 27.9 Å². The molecule has 2 heterocycles. The number of nitrogens with zero attached hydrogens (tertiary/aromatic N) is 1. The summed E-state index contributed by atoms with van der Waals surface area (Å²) in [5, 5.41) is 5.20. The third-order valence-corrected chi connectivity index (χ3v) is 7.02. The van der Waals surface area contributed by atoms with E-state index in [1.54, 1.807) is 0 Å². The van der Waals surface area contributed by atoms with Gasteiger partial charge in [0.2, 0.25) is 0 Å². The summed E-state index contributed by atoms with van der Waals surface area (Å²) in [5.41, 5.74) is 3.32. The number of hydrogen-bond donors (Lipinski definition) is 1. The second-order valence-electron chi connectivity index (χ2n) is 7.42. The van der Waals surface area contributed by atoms with E-state index in [2.05, 4.69) is 74.3 Å². The summed E-state index contributed by atoms with van der Waals surface area (Å²) < 4.78 is 9.90. The number of carbonyl (C=O) groups is 1. The molecule has 160 valence electrons. The molecule has 0 saturated carbocycles. The van der Waals surface area contributed by atoms with Crippen LogP contribution in [0, 0.1) is 0 Å². The van der Waals surface area contributed by atoms with Crippen molar-refractivity contribution >= 4 is 78.0 Å². The van der Waals surface area contributed by atoms with E-state index in [1.807, 2.05) is 24.3 Å². The number of amides is 1. The first kappa shape index (κ1) is 21.2. The van der Waals surface area contributed by atoms with Crippen LogP contribution in [0.5, 0.6) is 5.75 Å². The van der Waals surface area contributed by atoms with Crippen molar-refractivity contribution in [3.63, 3.8) is 0 Å². The highest BCUT2D eigenvalue weighted by atomic mass is 79.9. The van der Waals surface area contributed by atoms with Crippen molar-refractivity contribution in [2.75, 3.05) is 6.61 Å². The Labute approximate surface area is 203 Å². The number of benzene rings is 3. The Kier molecular flexibility index (Phi) is 6.04. The van der Waals surface area contributed by atoms with Crippen LogP contribution in [0.4, 0.5) is 0 Å². The van der Waals surface area contributed by atoms with E-state index in [-0.39, 0.29) is 5.91 Å². The number of para-hydroxylation sites is 2. The number of aromatic nitrogens is 1. The van der Waals surface area contributed by atoms with Gasteiger partial charge in [-0.2, -0.15) is 0 Å². The van der Waals surface area contributed by atoms with Gasteiger partial charge >= 0.3 is 0 Å². The first-order chi connectivity index (χ1) is 15.6. The van der Waals surface area contributed by atoms with Crippen molar-refractivity contribution in [1.82, 2.24) is 9.88 Å². The van der Waals surface area contributed by atoms with E-state index >= 15 is 0 Å². The summed E-state index contributed by atoms with van der Waals surface area (Å²) in [5.74, 6) is 0.575. The first-order valence-electron chi connectivity index (χ1n) is 10.2. The van der Waals surface area contributed by atoms with Crippen LogP contribution in [0.15, 0.2) is 76.1 Å². The van der Waals surface area contributed by atoms with Crippen molar-refractivity contribution in [1.29, 1.82) is 0 Å². The molecule has 7 heteroatoms. The SMILES string of the molecule is O=C1NC(=S)S/C1=C/c1cc(Br)ccc1OCCCn1c2ccccc2c2ccccc21. The van der Waals surface area contributed by atoms with Crippen molar-refractivity contribution in [2.24, 2.45) is 0 Å². The van der Waals surface area contributed by atoms with Gasteiger partial charge in [-0.1, -0.05) is 76.3 Å². The minimum absolute atomic E-state index is 0.169. The van der Waals surface area contributed by atoms with Gasteiger partial charge in [0.15, 0.2) is 0 Å². The molecular weight excluding hydrogens is 504 g/mol. The molecule has 1 N–H and O–H groups in total. The van der Waals surface area contributed by atoms with Gasteiger partial charge in [0.25, 0.3) is 5.91 Å². The summed E-state index contributed by atoms with van der Waals surface area (Å²) in [6, 6.07) is 22.8. The molecule has 1 amide bonds. The Hall–Kier alpha value is -2.61. The third kappa shape index (κ3) is 4.20. The molecule has 0 aliphatic carbocycles. The van der Waals surface area contributed by atoms with Gasteiger partial charge < -0.3 is 14.6 Å². The number of thioether (sulfide) groups is 1. The molecule has 0 unspecified atom stereocenters. The topological polar surface area (TPSA) is 43.3 Å². The predicted octanol–water partition coefficient (Wildman–Crippen LogP) is 6.51. The Balaban J connectivity index is 1.33. The van der Waals surface area contributed by atoms with E-state index in [1.165, 1.54) is 33.6 Å². The fourth-order valence-electron chi connectivity index (χ4n) is 3.97. The number of rotatable bonds is 6. The quantitative estimate of drug-likeness (QED) is 0.178. The fourth-order valence-corrected chi connectivity index (χ4v) is 5.39. The lowest BCUT2D eigenvalue weighted by molar-refractivity contribution is -0.115. The molecule has 1 aliphatic rings. The molecule has 4 nitrogen and oxygen atoms in total. The summed E-state index contributed by atoms with van der Waals surface area (Å²) >= 11 is 9.86. The molecule has 0 spiro atoms. The Morgan fingerprint density at radius 3 is 2.38 bits per heavy atom. The van der Waals surface area contributed by atoms with Gasteiger partial charge in [0, 0.05) is 38.4 Å². The highest BCUT2D eigenvalue weighted by molar-refractivity contribution is 9.10. The standard InChI is InChI=1S/C25H19BrN2O2S2/c26-17-10-11-22(16(14-17)15-23-24(29)27-25(31)32-23)30-13-5-12-28-20-8-3-1-6-18(20)19-7-2-4-9-21(19)28/h1-4,6-11,14-15H,5,12-13H2,(H,27,29,31)/b23-15+. The zero-order chi connectivity index (χ0) is 22.1. The van der Waals surface area contributed by atoms with Crippen LogP contribution < -0.4 is 10.1 Å². The number of fused-ring (bicyclic) bond motifs is 3. The normalized spacial score (nSPS) is 15.1. The Bertz CT molecular complexity index is 1340. The zero-order valence-electron chi connectivity index (χ0n) is 17.0. The van der Waals surface area contributed by atoms with Gasteiger partial charge in [-0.25, -0.2) is 0 Å². The van der Waals surface area contributed by atoms with Crippen molar-refractivity contribution in [3.05, 3.63) is 81.7 Å². The maximum Gasteiger partial charge on any atom is 0.263 e. The van der Waals surface area contributed by atoms with Gasteiger partial charge in [0.1, 0.15) is 10.1 Å². The summed E-state index contributed by atoms with van der Waals surface area (Å²) in [6.45, 7) is 1.42. The van der Waals surface area contributed by atoms with Crippen molar-refractivity contribution < 1.29 is 9.53 Å². The lowest BCUT2D eigenvalue weighted by atomic mass is 10.2. The number of thiocarbonyl (C=S) groups is 1. The second-order valence-corrected chi connectivity index (χ2v) is 10.1. The number of aryl methyl sites for hydroxylation is 1. The van der Waals surface area contributed by atoms with Crippen LogP contribution in [-0.4, -0.2) is 21.4 Å². The van der Waals surface area contributed by atoms with Crippen molar-refractivity contribution in [3.8, 4) is 5.75 Å². The number of halogens is 1. The molecule has 1 aliphatic heterocycles. The van der Waals surface area contributed by atoms with E-state index < -0.39 is 0 Å². The molecule has 0 bridgehead atoms. The van der Waals surface area contributed by atoms with Crippen LogP contribution in [0.1, 0.15) is 12.0 Å². The average Bonchev–Trinajstić information content (AvgIpc) is 3.28. The minimum atomic E-state index is -0.169. The predicted molar refractivity (Wildman–Crippen MR) is 140 cm³/mol. The number of carbonyl (C=O) groups excluding carboxylic acids is 1. The third-order valence-electron chi connectivity index (χ3n) is 5.36. The molecular formula is C25H19BrN2O2S2. The van der Waals surface area contributed by atoms with Gasteiger partial charge in [0.05, 0.1) is 11.5 Å². The molecule has 3 aromatic carbocycles. The summed E-state index contributed by atoms with van der Waals surface area (Å²) in [4.78, 5) is 12.6. The fraction of sp³-hybridized carbons (Fsp3) is 0.120. The highest BCUT2D eigenvalue weighted by Crippen LogP contribution is 2.32. The highest BCUT2D eigenvalue weighted by Gasteiger charge is 2.22. The maximum atomic E-state index is 12.0. The molecule has 0 radical (unpaired) electrons. The monoisotopic (exact) mass is 522 g/mol. The number of ether oxygens (including phenoxy) is 1. The van der Waals surface area contributed by atoms with Gasteiger partial charge in [-0.3, -0.25) is 4.79 Å². The molecule has 1 fully saturated rings. The van der Waals surface area contributed by atoms with Crippen LogP contribution in [-0.2, 0) is 11.3 Å². The smallest absolute Gasteiger partial charge is 0.263 e.